The number of nitrogens with one attached hydrogen (secondary N) is 4. The van der Waals surface area contributed by atoms with Gasteiger partial charge in [-0.1, -0.05) is 36.4 Å². The molecule has 6 aromatic rings. The number of phenols is 2. The van der Waals surface area contributed by atoms with Gasteiger partial charge in [0.25, 0.3) is 40.3 Å². The fourth-order valence-electron chi connectivity index (χ4n) is 5.50. The molecule has 0 aliphatic heterocycles. The lowest BCUT2D eigenvalue weighted by molar-refractivity contribution is 0.262. The number of anilines is 4. The molecule has 6 rings (SSSR count). The minimum atomic E-state index is -4.79. The van der Waals surface area contributed by atoms with E-state index < -0.39 is 67.6 Å². The molecular weight excluding hydrogens is 789 g/mol. The summed E-state index contributed by atoms with van der Waals surface area (Å²) in [5.74, 6) is -1.05. The topological polar surface area (TPSA) is 283 Å². The summed E-state index contributed by atoms with van der Waals surface area (Å²) < 4.78 is 125. The SMILES string of the molecule is O=C(Nc1cccc(S(=O)(=O)Nc2ccc(S(=O)(=O)O)c3c(O)cccc23)c1)Nc1cccc(S(=O)(=O)Nc2ccc(S(=O)(=O)O)c3c(O)cccc23)c1. The molecule has 0 radical (unpaired) electrons. The van der Waals surface area contributed by atoms with Gasteiger partial charge in [-0.3, -0.25) is 18.5 Å². The second kappa shape index (κ2) is 13.8. The van der Waals surface area contributed by atoms with Crippen LogP contribution in [0.15, 0.2) is 129 Å². The van der Waals surface area contributed by atoms with Crippen LogP contribution in [-0.2, 0) is 40.3 Å². The number of urea groups is 1. The third-order valence-corrected chi connectivity index (χ3v) is 12.3. The van der Waals surface area contributed by atoms with Gasteiger partial charge in [0.1, 0.15) is 21.3 Å². The Balaban J connectivity index is 1.20. The summed E-state index contributed by atoms with van der Waals surface area (Å²) in [7, 11) is -18.4. The predicted molar refractivity (Wildman–Crippen MR) is 198 cm³/mol. The molecule has 0 aromatic heterocycles. The van der Waals surface area contributed by atoms with Gasteiger partial charge in [0.15, 0.2) is 0 Å². The van der Waals surface area contributed by atoms with Crippen LogP contribution < -0.4 is 20.1 Å². The summed E-state index contributed by atoms with van der Waals surface area (Å²) >= 11 is 0. The summed E-state index contributed by atoms with van der Waals surface area (Å²) in [6.07, 6.45) is 0. The van der Waals surface area contributed by atoms with Crippen LogP contribution in [0, 0.1) is 0 Å². The average Bonchev–Trinajstić information content (AvgIpc) is 3.08. The quantitative estimate of drug-likeness (QED) is 0.0833. The lowest BCUT2D eigenvalue weighted by Crippen LogP contribution is -2.20. The first-order valence-corrected chi connectivity index (χ1v) is 20.9. The zero-order valence-electron chi connectivity index (χ0n) is 27.0. The molecule has 0 bridgehead atoms. The van der Waals surface area contributed by atoms with Crippen LogP contribution in [-0.4, -0.2) is 59.0 Å². The van der Waals surface area contributed by atoms with Crippen LogP contribution in [0.1, 0.15) is 0 Å². The molecule has 0 saturated carbocycles. The van der Waals surface area contributed by atoms with E-state index in [4.69, 9.17) is 0 Å². The van der Waals surface area contributed by atoms with E-state index >= 15 is 0 Å². The number of rotatable bonds is 10. The van der Waals surface area contributed by atoms with Crippen molar-refractivity contribution >= 4 is 90.6 Å². The first-order chi connectivity index (χ1) is 25.2. The Kier molecular flexibility index (Phi) is 9.64. The summed E-state index contributed by atoms with van der Waals surface area (Å²) in [5, 5.41) is 24.8. The van der Waals surface area contributed by atoms with Gasteiger partial charge >= 0.3 is 6.03 Å². The van der Waals surface area contributed by atoms with Crippen molar-refractivity contribution in [2.45, 2.75) is 19.6 Å². The van der Waals surface area contributed by atoms with Crippen LogP contribution in [0.2, 0.25) is 0 Å². The molecule has 6 aromatic carbocycles. The van der Waals surface area contributed by atoms with Crippen molar-refractivity contribution in [3.8, 4) is 11.5 Å². The van der Waals surface area contributed by atoms with E-state index in [1.807, 2.05) is 0 Å². The zero-order valence-corrected chi connectivity index (χ0v) is 30.3. The first-order valence-electron chi connectivity index (χ1n) is 15.0. The number of hydrogen-bond donors (Lipinski definition) is 8. The standard InChI is InChI=1S/C33H26N4O13S4/c38-27-11-3-9-23-25(13-15-29(31(23)27)53(45,46)47)36-51(41,42)21-7-1-5-19(17-21)34-33(40)35-20-6-2-8-22(18-20)52(43,44)37-26-14-16-30(54(48,49)50)32-24(26)10-4-12-28(32)39/h1-18,36-39H,(H2,34,35,40)(H,45,46,47)(H,48,49,50). The van der Waals surface area contributed by atoms with Gasteiger partial charge in [0.2, 0.25) is 0 Å². The zero-order chi connectivity index (χ0) is 39.2. The summed E-state index contributed by atoms with van der Waals surface area (Å²) in [6.45, 7) is 0. The summed E-state index contributed by atoms with van der Waals surface area (Å²) in [5.41, 5.74) is -0.271. The predicted octanol–water partition coefficient (Wildman–Crippen LogP) is 5.14. The van der Waals surface area contributed by atoms with E-state index in [0.29, 0.717) is 0 Å². The van der Waals surface area contributed by atoms with Gasteiger partial charge in [0, 0.05) is 32.9 Å². The van der Waals surface area contributed by atoms with E-state index in [9.17, 15) is 57.8 Å². The molecule has 2 amide bonds. The molecule has 8 N–H and O–H groups in total. The van der Waals surface area contributed by atoms with E-state index in [0.717, 1.165) is 48.5 Å². The number of sulfonamides is 2. The molecule has 0 aliphatic rings. The maximum absolute atomic E-state index is 13.4. The molecular formula is C33H26N4O13S4. The van der Waals surface area contributed by atoms with Crippen molar-refractivity contribution in [2.75, 3.05) is 20.1 Å². The molecule has 0 spiro atoms. The molecule has 0 fully saturated rings. The monoisotopic (exact) mass is 814 g/mol. The normalized spacial score (nSPS) is 12.3. The lowest BCUT2D eigenvalue weighted by atomic mass is 10.1. The van der Waals surface area contributed by atoms with E-state index in [1.54, 1.807) is 0 Å². The number of phenolic OH excluding ortho intramolecular Hbond substituents is 2. The minimum Gasteiger partial charge on any atom is -0.507 e. The fraction of sp³-hybridized carbons (Fsp3) is 0. The molecule has 17 nitrogen and oxygen atoms in total. The third kappa shape index (κ3) is 7.71. The van der Waals surface area contributed by atoms with Crippen molar-refractivity contribution < 1.29 is 57.8 Å². The van der Waals surface area contributed by atoms with Crippen molar-refractivity contribution in [3.63, 3.8) is 0 Å². The highest BCUT2D eigenvalue weighted by molar-refractivity contribution is 7.93. The molecule has 280 valence electrons. The van der Waals surface area contributed by atoms with Crippen LogP contribution in [0.3, 0.4) is 0 Å². The van der Waals surface area contributed by atoms with Gasteiger partial charge in [0.05, 0.1) is 21.2 Å². The van der Waals surface area contributed by atoms with E-state index in [-0.39, 0.29) is 54.1 Å². The Morgan fingerprint density at radius 1 is 0.481 bits per heavy atom. The summed E-state index contributed by atoms with van der Waals surface area (Å²) in [4.78, 5) is 11.0. The molecule has 21 heteroatoms. The van der Waals surface area contributed by atoms with Gasteiger partial charge < -0.3 is 20.8 Å². The lowest BCUT2D eigenvalue weighted by Gasteiger charge is -2.15. The van der Waals surface area contributed by atoms with Crippen LogP contribution in [0.4, 0.5) is 27.5 Å². The second-order valence-electron chi connectivity index (χ2n) is 11.4. The smallest absolute Gasteiger partial charge is 0.323 e. The second-order valence-corrected chi connectivity index (χ2v) is 17.6. The van der Waals surface area contributed by atoms with Crippen molar-refractivity contribution in [1.82, 2.24) is 0 Å². The third-order valence-electron chi connectivity index (χ3n) is 7.81. The molecule has 0 aliphatic carbocycles. The van der Waals surface area contributed by atoms with Crippen molar-refractivity contribution in [3.05, 3.63) is 109 Å². The Hall–Kier alpha value is -5.97. The molecule has 0 unspecified atom stereocenters. The number of benzene rings is 6. The summed E-state index contributed by atoms with van der Waals surface area (Å²) in [6, 6.07) is 20.8. The molecule has 0 heterocycles. The number of hydrogen-bond acceptors (Lipinski definition) is 11. The maximum atomic E-state index is 13.4. The van der Waals surface area contributed by atoms with E-state index in [1.165, 1.54) is 60.7 Å². The van der Waals surface area contributed by atoms with Crippen LogP contribution in [0.25, 0.3) is 21.5 Å². The van der Waals surface area contributed by atoms with Gasteiger partial charge in [-0.25, -0.2) is 21.6 Å². The molecule has 0 saturated heterocycles. The minimum absolute atomic E-state index is 0.00601. The Bertz CT molecular complexity index is 2770. The Labute approximate surface area is 307 Å². The van der Waals surface area contributed by atoms with Gasteiger partial charge in [-0.15, -0.1) is 0 Å². The highest BCUT2D eigenvalue weighted by atomic mass is 32.2. The van der Waals surface area contributed by atoms with E-state index in [2.05, 4.69) is 20.1 Å². The van der Waals surface area contributed by atoms with Crippen LogP contribution >= 0.6 is 0 Å². The Morgan fingerprint density at radius 2 is 0.852 bits per heavy atom. The number of fused-ring (bicyclic) bond motifs is 2. The number of aromatic hydroxyl groups is 2. The van der Waals surface area contributed by atoms with Crippen molar-refractivity contribution in [2.24, 2.45) is 0 Å². The molecule has 0 atom stereocenters. The largest absolute Gasteiger partial charge is 0.507 e. The van der Waals surface area contributed by atoms with Gasteiger partial charge in [-0.05, 0) is 72.8 Å². The maximum Gasteiger partial charge on any atom is 0.323 e. The molecule has 54 heavy (non-hydrogen) atoms. The first kappa shape index (κ1) is 37.8. The van der Waals surface area contributed by atoms with Crippen molar-refractivity contribution in [1.29, 1.82) is 0 Å². The average molecular weight is 815 g/mol. The Morgan fingerprint density at radius 3 is 1.22 bits per heavy atom. The highest BCUT2D eigenvalue weighted by Gasteiger charge is 2.24. The number of carbonyl (C=O) groups is 1. The van der Waals surface area contributed by atoms with Gasteiger partial charge in [-0.2, -0.15) is 16.8 Å². The number of carbonyl (C=O) groups excluding carboxylic acids is 1. The fourth-order valence-corrected chi connectivity index (χ4v) is 9.18. The van der Waals surface area contributed by atoms with Crippen LogP contribution in [0.5, 0.6) is 11.5 Å². The highest BCUT2D eigenvalue weighted by Crippen LogP contribution is 2.38. The number of amides is 2.